The van der Waals surface area contributed by atoms with Crippen molar-refractivity contribution >= 4 is 11.9 Å². The molecular weight excluding hydrogens is 277 g/mol. The number of benzene rings is 1. The molecule has 1 N–H and O–H groups in total. The Balaban J connectivity index is 2.04. The van der Waals surface area contributed by atoms with Gasteiger partial charge in [-0.2, -0.15) is 13.2 Å². The minimum absolute atomic E-state index is 0.182. The maximum atomic E-state index is 12.7. The van der Waals surface area contributed by atoms with E-state index in [4.69, 9.17) is 4.74 Å². The SMILES string of the molecule is O=C(COc1ccccc1C(F)(F)F)N1CCNC1=O. The van der Waals surface area contributed by atoms with Gasteiger partial charge in [0.15, 0.2) is 6.61 Å². The topological polar surface area (TPSA) is 58.6 Å². The Bertz CT molecular complexity index is 531. The van der Waals surface area contributed by atoms with Crippen LogP contribution in [-0.4, -0.2) is 36.5 Å². The summed E-state index contributed by atoms with van der Waals surface area (Å²) in [6.07, 6.45) is -4.56. The highest BCUT2D eigenvalue weighted by molar-refractivity contribution is 5.96. The maximum absolute atomic E-state index is 12.7. The van der Waals surface area contributed by atoms with E-state index in [1.54, 1.807) is 0 Å². The van der Waals surface area contributed by atoms with E-state index in [1.807, 2.05) is 0 Å². The van der Waals surface area contributed by atoms with Crippen LogP contribution in [0, 0.1) is 0 Å². The fourth-order valence-electron chi connectivity index (χ4n) is 1.75. The number of imide groups is 1. The lowest BCUT2D eigenvalue weighted by atomic mass is 10.2. The molecule has 0 aliphatic carbocycles. The van der Waals surface area contributed by atoms with Crippen molar-refractivity contribution in [3.8, 4) is 5.75 Å². The fourth-order valence-corrected chi connectivity index (χ4v) is 1.75. The van der Waals surface area contributed by atoms with E-state index in [2.05, 4.69) is 5.32 Å². The van der Waals surface area contributed by atoms with Crippen LogP contribution >= 0.6 is 0 Å². The molecule has 0 atom stereocenters. The average Bonchev–Trinajstić information content (AvgIpc) is 2.81. The van der Waals surface area contributed by atoms with Gasteiger partial charge in [0, 0.05) is 13.1 Å². The molecule has 1 aliphatic heterocycles. The van der Waals surface area contributed by atoms with E-state index in [0.717, 1.165) is 17.0 Å². The summed E-state index contributed by atoms with van der Waals surface area (Å²) in [6.45, 7) is -0.119. The molecule has 1 saturated heterocycles. The van der Waals surface area contributed by atoms with Crippen LogP contribution in [-0.2, 0) is 11.0 Å². The molecule has 20 heavy (non-hydrogen) atoms. The number of hydrogen-bond donors (Lipinski definition) is 1. The predicted octanol–water partition coefficient (Wildman–Crippen LogP) is 1.64. The normalized spacial score (nSPS) is 15.2. The number of carbonyl (C=O) groups excluding carboxylic acids is 2. The quantitative estimate of drug-likeness (QED) is 0.919. The van der Waals surface area contributed by atoms with Gasteiger partial charge in [-0.15, -0.1) is 0 Å². The van der Waals surface area contributed by atoms with Crippen molar-refractivity contribution in [3.05, 3.63) is 29.8 Å². The standard InChI is InChI=1S/C12H11F3N2O3/c13-12(14,15)8-3-1-2-4-9(8)20-7-10(18)17-6-5-16-11(17)19/h1-4H,5-7H2,(H,16,19). The number of para-hydroxylation sites is 1. The van der Waals surface area contributed by atoms with Gasteiger partial charge >= 0.3 is 12.2 Å². The smallest absolute Gasteiger partial charge is 0.419 e. The molecular formula is C12H11F3N2O3. The Morgan fingerprint density at radius 1 is 1.35 bits per heavy atom. The maximum Gasteiger partial charge on any atom is 0.419 e. The van der Waals surface area contributed by atoms with Crippen molar-refractivity contribution in [2.75, 3.05) is 19.7 Å². The van der Waals surface area contributed by atoms with Crippen LogP contribution in [0.5, 0.6) is 5.75 Å². The van der Waals surface area contributed by atoms with Gasteiger partial charge in [-0.05, 0) is 12.1 Å². The largest absolute Gasteiger partial charge is 0.483 e. The molecule has 0 spiro atoms. The Hall–Kier alpha value is -2.25. The third-order valence-electron chi connectivity index (χ3n) is 2.70. The third-order valence-corrected chi connectivity index (χ3v) is 2.70. The number of rotatable bonds is 3. The summed E-state index contributed by atoms with van der Waals surface area (Å²) in [5.41, 5.74) is -0.960. The van der Waals surface area contributed by atoms with E-state index in [-0.39, 0.29) is 6.54 Å². The molecule has 108 valence electrons. The number of carbonyl (C=O) groups is 2. The molecule has 3 amide bonds. The summed E-state index contributed by atoms with van der Waals surface area (Å²) in [5, 5.41) is 2.41. The summed E-state index contributed by atoms with van der Waals surface area (Å²) < 4.78 is 43.0. The number of nitrogens with zero attached hydrogens (tertiary/aromatic N) is 1. The number of amides is 3. The van der Waals surface area contributed by atoms with Gasteiger partial charge in [0.25, 0.3) is 5.91 Å². The van der Waals surface area contributed by atoms with E-state index in [9.17, 15) is 22.8 Å². The van der Waals surface area contributed by atoms with E-state index in [1.165, 1.54) is 12.1 Å². The number of ether oxygens (including phenoxy) is 1. The molecule has 0 unspecified atom stereocenters. The Labute approximate surface area is 112 Å². The lowest BCUT2D eigenvalue weighted by molar-refractivity contribution is -0.140. The van der Waals surface area contributed by atoms with Crippen LogP contribution in [0.25, 0.3) is 0 Å². The third kappa shape index (κ3) is 3.01. The number of nitrogens with one attached hydrogen (secondary N) is 1. The minimum atomic E-state index is -4.56. The van der Waals surface area contributed by atoms with Crippen LogP contribution < -0.4 is 10.1 Å². The predicted molar refractivity (Wildman–Crippen MR) is 62.1 cm³/mol. The van der Waals surface area contributed by atoms with Crippen molar-refractivity contribution in [1.82, 2.24) is 10.2 Å². The monoisotopic (exact) mass is 288 g/mol. The minimum Gasteiger partial charge on any atom is -0.483 e. The van der Waals surface area contributed by atoms with Gasteiger partial charge in [-0.25, -0.2) is 4.79 Å². The molecule has 0 bridgehead atoms. The number of halogens is 3. The van der Waals surface area contributed by atoms with Gasteiger partial charge in [0.05, 0.1) is 5.56 Å². The van der Waals surface area contributed by atoms with Crippen LogP contribution in [0.3, 0.4) is 0 Å². The van der Waals surface area contributed by atoms with Gasteiger partial charge in [0.1, 0.15) is 5.75 Å². The van der Waals surface area contributed by atoms with Gasteiger partial charge in [0.2, 0.25) is 0 Å². The second kappa shape index (κ2) is 5.40. The molecule has 2 rings (SSSR count). The highest BCUT2D eigenvalue weighted by Crippen LogP contribution is 2.35. The average molecular weight is 288 g/mol. The second-order valence-corrected chi connectivity index (χ2v) is 4.06. The first kappa shape index (κ1) is 14.2. The summed E-state index contributed by atoms with van der Waals surface area (Å²) in [6, 6.07) is 4.02. The van der Waals surface area contributed by atoms with Gasteiger partial charge in [-0.3, -0.25) is 9.69 Å². The summed E-state index contributed by atoms with van der Waals surface area (Å²) in [4.78, 5) is 23.8. The summed E-state index contributed by atoms with van der Waals surface area (Å²) >= 11 is 0. The van der Waals surface area contributed by atoms with E-state index >= 15 is 0 Å². The first-order valence-corrected chi connectivity index (χ1v) is 5.77. The summed E-state index contributed by atoms with van der Waals surface area (Å²) in [7, 11) is 0. The van der Waals surface area contributed by atoms with Gasteiger partial charge in [-0.1, -0.05) is 12.1 Å². The van der Waals surface area contributed by atoms with Crippen molar-refractivity contribution in [2.24, 2.45) is 0 Å². The van der Waals surface area contributed by atoms with Crippen LogP contribution in [0.1, 0.15) is 5.56 Å². The Kier molecular flexibility index (Phi) is 3.82. The first-order chi connectivity index (χ1) is 9.39. The van der Waals surface area contributed by atoms with Gasteiger partial charge < -0.3 is 10.1 Å². The lowest BCUT2D eigenvalue weighted by Gasteiger charge is -2.15. The van der Waals surface area contributed by atoms with Crippen LogP contribution in [0.15, 0.2) is 24.3 Å². The molecule has 1 fully saturated rings. The van der Waals surface area contributed by atoms with Crippen molar-refractivity contribution < 1.29 is 27.5 Å². The van der Waals surface area contributed by atoms with Crippen molar-refractivity contribution in [3.63, 3.8) is 0 Å². The molecule has 1 aromatic carbocycles. The van der Waals surface area contributed by atoms with E-state index < -0.39 is 36.0 Å². The molecule has 0 saturated carbocycles. The molecule has 5 nitrogen and oxygen atoms in total. The number of hydrogen-bond acceptors (Lipinski definition) is 3. The Morgan fingerprint density at radius 2 is 2.05 bits per heavy atom. The highest BCUT2D eigenvalue weighted by Gasteiger charge is 2.34. The highest BCUT2D eigenvalue weighted by atomic mass is 19.4. The zero-order valence-corrected chi connectivity index (χ0v) is 10.2. The zero-order valence-electron chi connectivity index (χ0n) is 10.2. The number of alkyl halides is 3. The van der Waals surface area contributed by atoms with Crippen LogP contribution in [0.2, 0.25) is 0 Å². The first-order valence-electron chi connectivity index (χ1n) is 5.77. The van der Waals surface area contributed by atoms with Crippen molar-refractivity contribution in [1.29, 1.82) is 0 Å². The Morgan fingerprint density at radius 3 is 2.65 bits per heavy atom. The molecule has 0 radical (unpaired) electrons. The second-order valence-electron chi connectivity index (χ2n) is 4.06. The molecule has 8 heteroatoms. The van der Waals surface area contributed by atoms with Crippen LogP contribution in [0.4, 0.5) is 18.0 Å². The number of urea groups is 1. The zero-order chi connectivity index (χ0) is 14.8. The molecule has 1 aromatic rings. The molecule has 0 aromatic heterocycles. The summed E-state index contributed by atoms with van der Waals surface area (Å²) in [5.74, 6) is -1.12. The molecule has 1 heterocycles. The van der Waals surface area contributed by atoms with Crippen molar-refractivity contribution in [2.45, 2.75) is 6.18 Å². The fraction of sp³-hybridized carbons (Fsp3) is 0.333. The molecule has 1 aliphatic rings. The van der Waals surface area contributed by atoms with E-state index in [0.29, 0.717) is 6.54 Å². The lowest BCUT2D eigenvalue weighted by Crippen LogP contribution is -2.37.